The van der Waals surface area contributed by atoms with Gasteiger partial charge in [0.25, 0.3) is 5.89 Å². The van der Waals surface area contributed by atoms with Crippen molar-refractivity contribution in [2.24, 2.45) is 0 Å². The van der Waals surface area contributed by atoms with E-state index in [-0.39, 0.29) is 0 Å². The summed E-state index contributed by atoms with van der Waals surface area (Å²) in [6, 6.07) is 11.7. The van der Waals surface area contributed by atoms with Crippen molar-refractivity contribution in [2.45, 2.75) is 0 Å². The van der Waals surface area contributed by atoms with Gasteiger partial charge in [-0.2, -0.15) is 4.98 Å². The highest BCUT2D eigenvalue weighted by Gasteiger charge is 2.13. The molecular formula is C15H10N4O. The summed E-state index contributed by atoms with van der Waals surface area (Å²) in [5.41, 5.74) is 2.80. The Bertz CT molecular complexity index is 864. The van der Waals surface area contributed by atoms with Crippen LogP contribution in [0.1, 0.15) is 0 Å². The highest BCUT2D eigenvalue weighted by Crippen LogP contribution is 2.28. The van der Waals surface area contributed by atoms with Crippen LogP contribution in [-0.4, -0.2) is 20.1 Å². The maximum absolute atomic E-state index is 5.38. The Morgan fingerprint density at radius 2 is 2.05 bits per heavy atom. The quantitative estimate of drug-likeness (QED) is 0.602. The summed E-state index contributed by atoms with van der Waals surface area (Å²) in [6.45, 7) is 0. The molecule has 0 amide bonds. The van der Waals surface area contributed by atoms with Crippen LogP contribution < -0.4 is 0 Å². The minimum Gasteiger partial charge on any atom is -0.361 e. The second-order valence-corrected chi connectivity index (χ2v) is 4.41. The maximum Gasteiger partial charge on any atom is 0.258 e. The SMILES string of the molecule is c1cncc(-c2noc(-c3cccc4[nH]ccc34)n2)c1. The third-order valence-corrected chi connectivity index (χ3v) is 3.17. The minimum atomic E-state index is 0.508. The Labute approximate surface area is 114 Å². The van der Waals surface area contributed by atoms with Crippen molar-refractivity contribution in [2.75, 3.05) is 0 Å². The van der Waals surface area contributed by atoms with Crippen molar-refractivity contribution in [3.8, 4) is 22.8 Å². The summed E-state index contributed by atoms with van der Waals surface area (Å²) in [6.07, 6.45) is 5.32. The molecule has 0 bridgehead atoms. The fourth-order valence-electron chi connectivity index (χ4n) is 2.22. The maximum atomic E-state index is 5.38. The van der Waals surface area contributed by atoms with Gasteiger partial charge in [-0.25, -0.2) is 0 Å². The van der Waals surface area contributed by atoms with Gasteiger partial charge in [-0.15, -0.1) is 0 Å². The van der Waals surface area contributed by atoms with Crippen molar-refractivity contribution in [1.29, 1.82) is 0 Å². The van der Waals surface area contributed by atoms with Crippen molar-refractivity contribution in [3.05, 3.63) is 55.0 Å². The molecule has 0 aliphatic rings. The largest absolute Gasteiger partial charge is 0.361 e. The van der Waals surface area contributed by atoms with Crippen LogP contribution in [0.4, 0.5) is 0 Å². The number of benzene rings is 1. The summed E-state index contributed by atoms with van der Waals surface area (Å²) in [7, 11) is 0. The van der Waals surface area contributed by atoms with E-state index < -0.39 is 0 Å². The van der Waals surface area contributed by atoms with E-state index in [9.17, 15) is 0 Å². The van der Waals surface area contributed by atoms with Crippen molar-refractivity contribution in [1.82, 2.24) is 20.1 Å². The molecule has 3 heterocycles. The molecule has 5 nitrogen and oxygen atoms in total. The number of aromatic nitrogens is 4. The van der Waals surface area contributed by atoms with E-state index >= 15 is 0 Å². The first-order chi connectivity index (χ1) is 9.92. The molecule has 0 aliphatic carbocycles. The number of pyridine rings is 1. The third-order valence-electron chi connectivity index (χ3n) is 3.17. The summed E-state index contributed by atoms with van der Waals surface area (Å²) < 4.78 is 5.38. The van der Waals surface area contributed by atoms with E-state index in [0.717, 1.165) is 22.0 Å². The molecule has 0 unspecified atom stereocenters. The highest BCUT2D eigenvalue weighted by molar-refractivity contribution is 5.93. The standard InChI is InChI=1S/C15H10N4O/c1-4-12(11-6-8-17-13(11)5-1)15-18-14(19-20-15)10-3-2-7-16-9-10/h1-9,17H. The topological polar surface area (TPSA) is 67.6 Å². The fourth-order valence-corrected chi connectivity index (χ4v) is 2.22. The Hall–Kier alpha value is -2.95. The number of hydrogen-bond donors (Lipinski definition) is 1. The monoisotopic (exact) mass is 262 g/mol. The average Bonchev–Trinajstić information content (AvgIpc) is 3.17. The molecule has 0 radical (unpaired) electrons. The number of rotatable bonds is 2. The molecule has 0 saturated heterocycles. The lowest BCUT2D eigenvalue weighted by molar-refractivity contribution is 0.432. The predicted molar refractivity (Wildman–Crippen MR) is 74.8 cm³/mol. The number of H-pyrrole nitrogens is 1. The molecule has 20 heavy (non-hydrogen) atoms. The van der Waals surface area contributed by atoms with E-state index in [0.29, 0.717) is 11.7 Å². The molecule has 0 spiro atoms. The van der Waals surface area contributed by atoms with Gasteiger partial charge < -0.3 is 9.51 Å². The molecular weight excluding hydrogens is 252 g/mol. The molecule has 4 aromatic rings. The van der Waals surface area contributed by atoms with E-state index in [1.54, 1.807) is 12.4 Å². The zero-order chi connectivity index (χ0) is 13.4. The Morgan fingerprint density at radius 3 is 2.95 bits per heavy atom. The zero-order valence-corrected chi connectivity index (χ0v) is 10.4. The normalized spacial score (nSPS) is 11.0. The van der Waals surface area contributed by atoms with E-state index in [1.165, 1.54) is 0 Å². The Balaban J connectivity index is 1.84. The molecule has 1 N–H and O–H groups in total. The smallest absolute Gasteiger partial charge is 0.258 e. The van der Waals surface area contributed by atoms with Crippen LogP contribution in [0.2, 0.25) is 0 Å². The summed E-state index contributed by atoms with van der Waals surface area (Å²) >= 11 is 0. The highest BCUT2D eigenvalue weighted by atomic mass is 16.5. The minimum absolute atomic E-state index is 0.508. The zero-order valence-electron chi connectivity index (χ0n) is 10.4. The van der Waals surface area contributed by atoms with Gasteiger partial charge in [0.05, 0.1) is 0 Å². The number of nitrogens with one attached hydrogen (secondary N) is 1. The van der Waals surface area contributed by atoms with E-state index in [2.05, 4.69) is 20.1 Å². The van der Waals surface area contributed by atoms with Crippen molar-refractivity contribution < 1.29 is 4.52 Å². The van der Waals surface area contributed by atoms with Crippen LogP contribution in [-0.2, 0) is 0 Å². The van der Waals surface area contributed by atoms with Gasteiger partial charge in [0.2, 0.25) is 5.82 Å². The number of aromatic amines is 1. The first kappa shape index (κ1) is 10.9. The lowest BCUT2D eigenvalue weighted by Gasteiger charge is -1.96. The molecule has 0 aliphatic heterocycles. The summed E-state index contributed by atoms with van der Waals surface area (Å²) in [5, 5.41) is 5.08. The van der Waals surface area contributed by atoms with E-state index in [1.807, 2.05) is 42.6 Å². The molecule has 3 aromatic heterocycles. The Kier molecular flexibility index (Phi) is 2.35. The second-order valence-electron chi connectivity index (χ2n) is 4.41. The molecule has 4 rings (SSSR count). The lowest BCUT2D eigenvalue weighted by atomic mass is 10.1. The third kappa shape index (κ3) is 1.68. The summed E-state index contributed by atoms with van der Waals surface area (Å²) in [5.74, 6) is 1.05. The fraction of sp³-hybridized carbons (Fsp3) is 0. The first-order valence-electron chi connectivity index (χ1n) is 6.22. The molecule has 5 heteroatoms. The van der Waals surface area contributed by atoms with Gasteiger partial charge >= 0.3 is 0 Å². The van der Waals surface area contributed by atoms with Gasteiger partial charge in [-0.1, -0.05) is 11.2 Å². The molecule has 1 aromatic carbocycles. The molecule has 0 atom stereocenters. The number of fused-ring (bicyclic) bond motifs is 1. The van der Waals surface area contributed by atoms with Gasteiger partial charge in [-0.05, 0) is 30.3 Å². The molecule has 0 fully saturated rings. The lowest BCUT2D eigenvalue weighted by Crippen LogP contribution is -1.82. The van der Waals surface area contributed by atoms with Crippen molar-refractivity contribution in [3.63, 3.8) is 0 Å². The van der Waals surface area contributed by atoms with Crippen LogP contribution in [0.15, 0.2) is 59.5 Å². The predicted octanol–water partition coefficient (Wildman–Crippen LogP) is 3.28. The van der Waals surface area contributed by atoms with Crippen LogP contribution in [0.5, 0.6) is 0 Å². The Morgan fingerprint density at radius 1 is 1.05 bits per heavy atom. The van der Waals surface area contributed by atoms with Gasteiger partial charge in [0, 0.05) is 40.6 Å². The van der Waals surface area contributed by atoms with Crippen LogP contribution in [0.3, 0.4) is 0 Å². The molecule has 96 valence electrons. The van der Waals surface area contributed by atoms with Gasteiger partial charge in [0.15, 0.2) is 0 Å². The molecule has 0 saturated carbocycles. The number of nitrogens with zero attached hydrogens (tertiary/aromatic N) is 3. The van der Waals surface area contributed by atoms with Crippen LogP contribution in [0, 0.1) is 0 Å². The van der Waals surface area contributed by atoms with Crippen molar-refractivity contribution >= 4 is 10.9 Å². The van der Waals surface area contributed by atoms with E-state index in [4.69, 9.17) is 4.52 Å². The number of hydrogen-bond acceptors (Lipinski definition) is 4. The van der Waals surface area contributed by atoms with Gasteiger partial charge in [-0.3, -0.25) is 4.98 Å². The van der Waals surface area contributed by atoms with Crippen LogP contribution >= 0.6 is 0 Å². The van der Waals surface area contributed by atoms with Gasteiger partial charge in [0.1, 0.15) is 0 Å². The summed E-state index contributed by atoms with van der Waals surface area (Å²) in [4.78, 5) is 11.7. The second kappa shape index (κ2) is 4.31. The first-order valence-corrected chi connectivity index (χ1v) is 6.22. The average molecular weight is 262 g/mol. The van der Waals surface area contributed by atoms with Crippen LogP contribution in [0.25, 0.3) is 33.7 Å².